The normalized spacial score (nSPS) is 14.8. The van der Waals surface area contributed by atoms with E-state index >= 15 is 0 Å². The Kier molecular flexibility index (Phi) is 5.10. The zero-order valence-corrected chi connectivity index (χ0v) is 17.6. The number of fused-ring (bicyclic) bond motifs is 3. The molecule has 0 spiro atoms. The molecule has 5 rings (SSSR count). The molecular weight excluding hydrogens is 408 g/mol. The summed E-state index contributed by atoms with van der Waals surface area (Å²) >= 11 is 0. The SMILES string of the molecule is CC(=O)Cc1ccc(-c2ccc3ncc4c(=O)[nH]c(=O)n(C5CCNCC5)c4c3n2)cn1. The number of H-pyrrole nitrogens is 1. The molecule has 1 saturated heterocycles. The molecule has 0 bridgehead atoms. The predicted molar refractivity (Wildman–Crippen MR) is 121 cm³/mol. The summed E-state index contributed by atoms with van der Waals surface area (Å²) in [6, 6.07) is 7.30. The molecule has 0 amide bonds. The topological polar surface area (TPSA) is 123 Å². The second-order valence-corrected chi connectivity index (χ2v) is 8.11. The van der Waals surface area contributed by atoms with E-state index in [1.54, 1.807) is 16.8 Å². The number of carbonyl (C=O) groups excluding carboxylic acids is 1. The highest BCUT2D eigenvalue weighted by molar-refractivity contribution is 6.01. The maximum Gasteiger partial charge on any atom is 0.329 e. The molecule has 9 heteroatoms. The zero-order valence-electron chi connectivity index (χ0n) is 17.6. The molecule has 9 nitrogen and oxygen atoms in total. The number of hydrogen-bond acceptors (Lipinski definition) is 7. The molecule has 4 aromatic heterocycles. The van der Waals surface area contributed by atoms with Crippen LogP contribution >= 0.6 is 0 Å². The monoisotopic (exact) mass is 430 g/mol. The van der Waals surface area contributed by atoms with Gasteiger partial charge in [0.15, 0.2) is 0 Å². The number of carbonyl (C=O) groups is 1. The van der Waals surface area contributed by atoms with Gasteiger partial charge < -0.3 is 5.32 Å². The molecule has 0 aliphatic carbocycles. The molecule has 0 atom stereocenters. The average Bonchev–Trinajstić information content (AvgIpc) is 2.79. The lowest BCUT2D eigenvalue weighted by Crippen LogP contribution is -2.38. The van der Waals surface area contributed by atoms with Crippen molar-refractivity contribution in [2.45, 2.75) is 32.2 Å². The van der Waals surface area contributed by atoms with Gasteiger partial charge in [0.1, 0.15) is 11.3 Å². The molecule has 0 unspecified atom stereocenters. The predicted octanol–water partition coefficient (Wildman–Crippen LogP) is 1.75. The van der Waals surface area contributed by atoms with E-state index in [-0.39, 0.29) is 18.2 Å². The van der Waals surface area contributed by atoms with Crippen LogP contribution in [-0.4, -0.2) is 43.4 Å². The lowest BCUT2D eigenvalue weighted by molar-refractivity contribution is -0.116. The Hall–Kier alpha value is -3.72. The van der Waals surface area contributed by atoms with Gasteiger partial charge in [0.05, 0.1) is 22.1 Å². The number of aromatic amines is 1. The van der Waals surface area contributed by atoms with Crippen LogP contribution in [0.1, 0.15) is 31.5 Å². The van der Waals surface area contributed by atoms with Gasteiger partial charge in [-0.15, -0.1) is 0 Å². The summed E-state index contributed by atoms with van der Waals surface area (Å²) in [6.45, 7) is 3.14. The second kappa shape index (κ2) is 8.08. The first kappa shape index (κ1) is 20.2. The maximum absolute atomic E-state index is 12.9. The fraction of sp³-hybridized carbons (Fsp3) is 0.304. The first-order chi connectivity index (χ1) is 15.5. The quantitative estimate of drug-likeness (QED) is 0.473. The zero-order chi connectivity index (χ0) is 22.2. The van der Waals surface area contributed by atoms with Crippen LogP contribution < -0.4 is 16.6 Å². The maximum atomic E-state index is 12.9. The van der Waals surface area contributed by atoms with Crippen LogP contribution in [0.4, 0.5) is 0 Å². The van der Waals surface area contributed by atoms with Crippen molar-refractivity contribution in [2.24, 2.45) is 0 Å². The minimum atomic E-state index is -0.466. The smallest absolute Gasteiger partial charge is 0.317 e. The number of piperidine rings is 1. The van der Waals surface area contributed by atoms with Crippen LogP contribution in [0, 0.1) is 0 Å². The molecule has 4 aromatic rings. The Labute approximate surface area is 182 Å². The van der Waals surface area contributed by atoms with E-state index in [9.17, 15) is 14.4 Å². The summed E-state index contributed by atoms with van der Waals surface area (Å²) in [4.78, 5) is 52.8. The molecule has 1 fully saturated rings. The first-order valence-corrected chi connectivity index (χ1v) is 10.6. The summed E-state index contributed by atoms with van der Waals surface area (Å²) in [7, 11) is 0. The van der Waals surface area contributed by atoms with Crippen LogP contribution in [0.3, 0.4) is 0 Å². The van der Waals surface area contributed by atoms with Gasteiger partial charge in [0, 0.05) is 36.1 Å². The fourth-order valence-corrected chi connectivity index (χ4v) is 4.30. The van der Waals surface area contributed by atoms with Crippen molar-refractivity contribution in [3.63, 3.8) is 0 Å². The summed E-state index contributed by atoms with van der Waals surface area (Å²) in [5, 5.41) is 3.65. The third-order valence-corrected chi connectivity index (χ3v) is 5.84. The van der Waals surface area contributed by atoms with Gasteiger partial charge in [-0.3, -0.25) is 29.1 Å². The second-order valence-electron chi connectivity index (χ2n) is 8.11. The standard InChI is InChI=1S/C23H22N6O3/c1-13(30)10-15-3-2-14(11-25-15)18-4-5-19-20(27-18)21-17(12-26-19)22(31)28-23(32)29(21)16-6-8-24-9-7-16/h2-5,11-12,16,24H,6-10H2,1H3,(H,28,31,32). The van der Waals surface area contributed by atoms with Gasteiger partial charge >= 0.3 is 5.69 Å². The van der Waals surface area contributed by atoms with Crippen LogP contribution in [-0.2, 0) is 11.2 Å². The molecule has 5 heterocycles. The van der Waals surface area contributed by atoms with Gasteiger partial charge in [0.25, 0.3) is 5.56 Å². The highest BCUT2D eigenvalue weighted by Crippen LogP contribution is 2.27. The molecule has 1 aliphatic rings. The lowest BCUT2D eigenvalue weighted by Gasteiger charge is -2.26. The van der Waals surface area contributed by atoms with E-state index in [1.165, 1.54) is 13.1 Å². The third-order valence-electron chi connectivity index (χ3n) is 5.84. The summed E-state index contributed by atoms with van der Waals surface area (Å²) in [5.41, 5.74) is 2.86. The van der Waals surface area contributed by atoms with Gasteiger partial charge in [-0.05, 0) is 57.1 Å². The average molecular weight is 430 g/mol. The van der Waals surface area contributed by atoms with E-state index in [2.05, 4.69) is 20.3 Å². The van der Waals surface area contributed by atoms with Crippen molar-refractivity contribution < 1.29 is 4.79 Å². The number of rotatable bonds is 4. The van der Waals surface area contributed by atoms with E-state index in [0.29, 0.717) is 33.3 Å². The third kappa shape index (κ3) is 3.60. The minimum Gasteiger partial charge on any atom is -0.317 e. The molecule has 1 aliphatic heterocycles. The van der Waals surface area contributed by atoms with E-state index in [1.807, 2.05) is 18.2 Å². The molecule has 2 N–H and O–H groups in total. The van der Waals surface area contributed by atoms with Crippen LogP contribution in [0.2, 0.25) is 0 Å². The highest BCUT2D eigenvalue weighted by Gasteiger charge is 2.22. The number of aromatic nitrogens is 5. The van der Waals surface area contributed by atoms with Crippen LogP contribution in [0.15, 0.2) is 46.2 Å². The van der Waals surface area contributed by atoms with E-state index < -0.39 is 11.2 Å². The van der Waals surface area contributed by atoms with Gasteiger partial charge in [-0.2, -0.15) is 0 Å². The molecule has 0 radical (unpaired) electrons. The van der Waals surface area contributed by atoms with Gasteiger partial charge in [0.2, 0.25) is 0 Å². The summed E-state index contributed by atoms with van der Waals surface area (Å²) < 4.78 is 1.67. The number of pyridine rings is 3. The number of nitrogens with one attached hydrogen (secondary N) is 2. The molecule has 0 aromatic carbocycles. The number of nitrogens with zero attached hydrogens (tertiary/aromatic N) is 4. The molecular formula is C23H22N6O3. The van der Waals surface area contributed by atoms with Crippen molar-refractivity contribution in [1.82, 2.24) is 29.8 Å². The van der Waals surface area contributed by atoms with Crippen LogP contribution in [0.5, 0.6) is 0 Å². The largest absolute Gasteiger partial charge is 0.329 e. The Morgan fingerprint density at radius 3 is 2.62 bits per heavy atom. The van der Waals surface area contributed by atoms with Crippen molar-refractivity contribution in [3.8, 4) is 11.3 Å². The molecule has 32 heavy (non-hydrogen) atoms. The fourth-order valence-electron chi connectivity index (χ4n) is 4.30. The molecule has 0 saturated carbocycles. The van der Waals surface area contributed by atoms with Gasteiger partial charge in [-0.1, -0.05) is 0 Å². The number of hydrogen-bond donors (Lipinski definition) is 2. The number of ketones is 1. The Morgan fingerprint density at radius 1 is 1.09 bits per heavy atom. The highest BCUT2D eigenvalue weighted by atomic mass is 16.2. The Balaban J connectivity index is 1.72. The van der Waals surface area contributed by atoms with Crippen molar-refractivity contribution in [3.05, 3.63) is 63.2 Å². The minimum absolute atomic E-state index is 0.0355. The number of Topliss-reactive ketones (excluding diaryl/α,β-unsaturated/α-hetero) is 1. The summed E-state index contributed by atoms with van der Waals surface area (Å²) in [5.74, 6) is 0.0488. The van der Waals surface area contributed by atoms with Gasteiger partial charge in [-0.25, -0.2) is 9.78 Å². The van der Waals surface area contributed by atoms with E-state index in [0.717, 1.165) is 31.5 Å². The van der Waals surface area contributed by atoms with Crippen molar-refractivity contribution >= 4 is 27.7 Å². The van der Waals surface area contributed by atoms with Crippen LogP contribution in [0.25, 0.3) is 33.2 Å². The Morgan fingerprint density at radius 2 is 1.91 bits per heavy atom. The van der Waals surface area contributed by atoms with E-state index in [4.69, 9.17) is 4.98 Å². The van der Waals surface area contributed by atoms with Crippen molar-refractivity contribution in [2.75, 3.05) is 13.1 Å². The molecule has 162 valence electrons. The summed E-state index contributed by atoms with van der Waals surface area (Å²) in [6.07, 6.45) is 5.04. The lowest BCUT2D eigenvalue weighted by atomic mass is 10.1. The first-order valence-electron chi connectivity index (χ1n) is 10.6. The van der Waals surface area contributed by atoms with Crippen molar-refractivity contribution in [1.29, 1.82) is 0 Å². The Bertz CT molecular complexity index is 1450.